The molecule has 2 aliphatic rings. The molecule has 3 rings (SSSR count). The molecule has 5 nitrogen and oxygen atoms in total. The molecule has 1 aliphatic carbocycles. The Morgan fingerprint density at radius 1 is 1.40 bits per heavy atom. The van der Waals surface area contributed by atoms with Crippen LogP contribution in [-0.2, 0) is 4.79 Å². The van der Waals surface area contributed by atoms with Crippen LogP contribution in [-0.4, -0.2) is 32.1 Å². The lowest BCUT2D eigenvalue weighted by molar-refractivity contribution is -0.124. The van der Waals surface area contributed by atoms with Crippen LogP contribution in [0.15, 0.2) is 24.3 Å². The Morgan fingerprint density at radius 3 is 2.75 bits per heavy atom. The van der Waals surface area contributed by atoms with Crippen LogP contribution in [0.25, 0.3) is 0 Å². The van der Waals surface area contributed by atoms with E-state index in [0.717, 1.165) is 18.5 Å². The molecular weight excluding hydrogens is 254 g/mol. The molecule has 0 spiro atoms. The van der Waals surface area contributed by atoms with Crippen LogP contribution in [0.5, 0.6) is 0 Å². The number of rotatable bonds is 2. The van der Waals surface area contributed by atoms with Gasteiger partial charge in [0.2, 0.25) is 0 Å². The van der Waals surface area contributed by atoms with Crippen molar-refractivity contribution in [3.63, 3.8) is 0 Å². The second kappa shape index (κ2) is 4.59. The maximum atomic E-state index is 12.6. The van der Waals surface area contributed by atoms with Gasteiger partial charge in [-0.3, -0.25) is 0 Å². The summed E-state index contributed by atoms with van der Waals surface area (Å²) in [6.07, 6.45) is 3.71. The Balaban J connectivity index is 2.20. The third kappa shape index (κ3) is 1.89. The fourth-order valence-corrected chi connectivity index (χ4v) is 2.89. The fraction of sp³-hybridized carbons (Fsp3) is 0.400. The van der Waals surface area contributed by atoms with Gasteiger partial charge in [0, 0.05) is 25.6 Å². The number of fused-ring (bicyclic) bond motifs is 1. The Morgan fingerprint density at radius 2 is 2.10 bits per heavy atom. The molecule has 1 radical (unpaired) electrons. The van der Waals surface area contributed by atoms with Crippen molar-refractivity contribution in [3.8, 4) is 0 Å². The van der Waals surface area contributed by atoms with E-state index in [4.69, 9.17) is 5.73 Å². The standard InChI is InChI=1S/C15H18N3O2/c1-17-9-8-14(19)18(15(16)20,10-11-6-7-11)13-5-3-2-4-12(13)17/h2-5,8,11H,6-7,9-10H2,1H3,(H-,16,20)/p+1. The van der Waals surface area contributed by atoms with Crippen LogP contribution < -0.4 is 15.1 Å². The summed E-state index contributed by atoms with van der Waals surface area (Å²) in [5.74, 6) is 0.206. The molecule has 1 aromatic carbocycles. The van der Waals surface area contributed by atoms with Crippen LogP contribution in [0, 0.1) is 12.3 Å². The number of benzene rings is 1. The van der Waals surface area contributed by atoms with Crippen LogP contribution >= 0.6 is 0 Å². The van der Waals surface area contributed by atoms with E-state index in [2.05, 4.69) is 0 Å². The molecule has 3 amide bonds. The molecule has 0 aromatic heterocycles. The lowest BCUT2D eigenvalue weighted by atomic mass is 10.1. The van der Waals surface area contributed by atoms with Crippen molar-refractivity contribution in [1.82, 2.24) is 4.48 Å². The van der Waals surface area contributed by atoms with Gasteiger partial charge in [0.1, 0.15) is 13.0 Å². The summed E-state index contributed by atoms with van der Waals surface area (Å²) in [6, 6.07) is 6.97. The average molecular weight is 273 g/mol. The van der Waals surface area contributed by atoms with Crippen LogP contribution in [0.3, 0.4) is 0 Å². The zero-order chi connectivity index (χ0) is 14.3. The number of nitrogens with two attached hydrogens (primary N) is 1. The van der Waals surface area contributed by atoms with Gasteiger partial charge in [-0.25, -0.2) is 9.59 Å². The number of hydrogen-bond donors (Lipinski definition) is 1. The molecule has 0 saturated heterocycles. The van der Waals surface area contributed by atoms with Gasteiger partial charge in [0.25, 0.3) is 0 Å². The molecular formula is C15H19N3O2+. The number of carbonyl (C=O) groups excluding carboxylic acids is 2. The van der Waals surface area contributed by atoms with E-state index in [-0.39, 0.29) is 10.4 Å². The zero-order valence-electron chi connectivity index (χ0n) is 11.6. The summed E-state index contributed by atoms with van der Waals surface area (Å²) >= 11 is 0. The lowest BCUT2D eigenvalue weighted by Gasteiger charge is -2.31. The first-order chi connectivity index (χ1) is 9.55. The van der Waals surface area contributed by atoms with E-state index in [9.17, 15) is 9.59 Å². The van der Waals surface area contributed by atoms with Gasteiger partial charge in [0.15, 0.2) is 5.69 Å². The van der Waals surface area contributed by atoms with E-state index < -0.39 is 6.03 Å². The molecule has 2 N–H and O–H groups in total. The Hall–Kier alpha value is -1.88. The van der Waals surface area contributed by atoms with Gasteiger partial charge < -0.3 is 10.6 Å². The monoisotopic (exact) mass is 273 g/mol. The Bertz CT molecular complexity index is 568. The number of quaternary nitrogens is 1. The van der Waals surface area contributed by atoms with Gasteiger partial charge in [-0.1, -0.05) is 12.1 Å². The number of primary amides is 1. The highest BCUT2D eigenvalue weighted by Gasteiger charge is 2.51. The minimum atomic E-state index is -0.582. The molecule has 1 atom stereocenters. The summed E-state index contributed by atoms with van der Waals surface area (Å²) in [4.78, 5) is 26.8. The SMILES string of the molecule is CN1C[CH]C(=O)[N+](CC2CC2)(C(N)=O)c2ccccc21. The number of para-hydroxylation sites is 2. The van der Waals surface area contributed by atoms with Gasteiger partial charge in [-0.05, 0) is 18.9 Å². The molecule has 1 unspecified atom stereocenters. The van der Waals surface area contributed by atoms with Gasteiger partial charge >= 0.3 is 11.9 Å². The first-order valence-electron chi connectivity index (χ1n) is 6.92. The highest BCUT2D eigenvalue weighted by Crippen LogP contribution is 2.41. The third-order valence-electron chi connectivity index (χ3n) is 4.23. The van der Waals surface area contributed by atoms with Crippen molar-refractivity contribution in [2.24, 2.45) is 11.7 Å². The summed E-state index contributed by atoms with van der Waals surface area (Å²) in [5.41, 5.74) is 7.27. The van der Waals surface area contributed by atoms with Crippen LogP contribution in [0.4, 0.5) is 16.2 Å². The second-order valence-electron chi connectivity index (χ2n) is 5.69. The number of amides is 3. The molecule has 0 bridgehead atoms. The summed E-state index contributed by atoms with van der Waals surface area (Å²) in [5, 5.41) is 0. The van der Waals surface area contributed by atoms with Crippen LogP contribution in [0.1, 0.15) is 12.8 Å². The number of urea groups is 1. The molecule has 1 fully saturated rings. The van der Waals surface area contributed by atoms with Crippen molar-refractivity contribution < 1.29 is 9.59 Å². The van der Waals surface area contributed by atoms with E-state index in [0.29, 0.717) is 24.7 Å². The van der Waals surface area contributed by atoms with E-state index in [1.165, 1.54) is 0 Å². The number of carbonyl (C=O) groups is 2. The summed E-state index contributed by atoms with van der Waals surface area (Å²) in [6.45, 7) is 0.976. The van der Waals surface area contributed by atoms with Crippen molar-refractivity contribution in [2.75, 3.05) is 25.0 Å². The molecule has 1 saturated carbocycles. The van der Waals surface area contributed by atoms with E-state index in [1.807, 2.05) is 36.2 Å². The number of nitrogens with zero attached hydrogens (tertiary/aromatic N) is 2. The number of hydrogen-bond acceptors (Lipinski definition) is 3. The second-order valence-corrected chi connectivity index (χ2v) is 5.69. The van der Waals surface area contributed by atoms with Crippen molar-refractivity contribution in [3.05, 3.63) is 30.7 Å². The smallest absolute Gasteiger partial charge is 0.369 e. The highest BCUT2D eigenvalue weighted by atomic mass is 16.2. The predicted octanol–water partition coefficient (Wildman–Crippen LogP) is 1.66. The molecule has 1 heterocycles. The van der Waals surface area contributed by atoms with E-state index >= 15 is 0 Å². The summed E-state index contributed by atoms with van der Waals surface area (Å²) in [7, 11) is 1.92. The molecule has 1 aliphatic heterocycles. The molecule has 1 aromatic rings. The van der Waals surface area contributed by atoms with E-state index in [1.54, 1.807) is 6.42 Å². The maximum absolute atomic E-state index is 12.6. The Kier molecular flexibility index (Phi) is 3.01. The number of anilines is 1. The topological polar surface area (TPSA) is 63.4 Å². The maximum Gasteiger partial charge on any atom is 0.426 e. The van der Waals surface area contributed by atoms with Crippen LogP contribution in [0.2, 0.25) is 0 Å². The van der Waals surface area contributed by atoms with Gasteiger partial charge in [-0.15, -0.1) is 4.48 Å². The Labute approximate surface area is 118 Å². The first kappa shape index (κ1) is 13.1. The van der Waals surface area contributed by atoms with Crippen molar-refractivity contribution in [2.45, 2.75) is 12.8 Å². The zero-order valence-corrected chi connectivity index (χ0v) is 11.6. The van der Waals surface area contributed by atoms with Crippen molar-refractivity contribution >= 4 is 23.3 Å². The first-order valence-corrected chi connectivity index (χ1v) is 6.92. The van der Waals surface area contributed by atoms with Gasteiger partial charge in [0.05, 0.1) is 5.69 Å². The molecule has 105 valence electrons. The molecule has 5 heteroatoms. The molecule has 20 heavy (non-hydrogen) atoms. The summed E-state index contributed by atoms with van der Waals surface area (Å²) < 4.78 is -0.370. The quantitative estimate of drug-likeness (QED) is 0.834. The fourth-order valence-electron chi connectivity index (χ4n) is 2.89. The third-order valence-corrected chi connectivity index (χ3v) is 4.23. The highest BCUT2D eigenvalue weighted by molar-refractivity contribution is 6.13. The van der Waals surface area contributed by atoms with Gasteiger partial charge in [-0.2, -0.15) is 0 Å². The average Bonchev–Trinajstić information content (AvgIpc) is 3.25. The minimum Gasteiger partial charge on any atom is -0.369 e. The van der Waals surface area contributed by atoms with Crippen molar-refractivity contribution in [1.29, 1.82) is 0 Å². The lowest BCUT2D eigenvalue weighted by Crippen LogP contribution is -2.62. The minimum absolute atomic E-state index is 0.207. The number of imide groups is 1. The normalized spacial score (nSPS) is 26.1. The largest absolute Gasteiger partial charge is 0.426 e. The predicted molar refractivity (Wildman–Crippen MR) is 78.0 cm³/mol.